The number of rotatable bonds is 0. The molecule has 4 rings (SSSR count). The molecule has 0 spiro atoms. The van der Waals surface area contributed by atoms with Gasteiger partial charge in [-0.2, -0.15) is 0 Å². The summed E-state index contributed by atoms with van der Waals surface area (Å²) in [7, 11) is 0. The van der Waals surface area contributed by atoms with Crippen molar-refractivity contribution in [2.75, 3.05) is 0 Å². The zero-order chi connectivity index (χ0) is 29.3. The molecular weight excluding hydrogens is 714 g/mol. The van der Waals surface area contributed by atoms with Gasteiger partial charge in [0.1, 0.15) is 46.3 Å². The zero-order valence-electron chi connectivity index (χ0n) is 21.5. The summed E-state index contributed by atoms with van der Waals surface area (Å²) in [6.07, 6.45) is 0. The molecule has 0 bridgehead atoms. The van der Waals surface area contributed by atoms with E-state index >= 15 is 0 Å². The topological polar surface area (TPSA) is 80.9 Å². The molecule has 4 radical (unpaired) electrons. The van der Waals surface area contributed by atoms with E-state index in [9.17, 15) is 17.6 Å². The van der Waals surface area contributed by atoms with Crippen LogP contribution in [0, 0.1) is 23.3 Å². The van der Waals surface area contributed by atoms with Crippen molar-refractivity contribution in [3.05, 3.63) is 120 Å². The molecule has 10 heteroatoms. The van der Waals surface area contributed by atoms with Crippen LogP contribution in [0.3, 0.4) is 0 Å². The van der Waals surface area contributed by atoms with Gasteiger partial charge in [-0.3, -0.25) is 0 Å². The molecule has 4 aromatic rings. The van der Waals surface area contributed by atoms with Crippen LogP contribution in [0.15, 0.2) is 97.1 Å². The average molecular weight is 746 g/mol. The molecule has 0 atom stereocenters. The molecule has 4 nitrogen and oxygen atoms in total. The third kappa shape index (κ3) is 25.1. The van der Waals surface area contributed by atoms with E-state index in [0.29, 0.717) is 0 Å². The Hall–Kier alpha value is -2.60. The fourth-order valence-corrected chi connectivity index (χ4v) is 1.76. The number of hydrogen-bond acceptors (Lipinski definition) is 4. The maximum atomic E-state index is 12.0. The van der Waals surface area contributed by atoms with Crippen molar-refractivity contribution in [1.29, 1.82) is 0 Å². The van der Waals surface area contributed by atoms with Crippen molar-refractivity contribution in [3.63, 3.8) is 0 Å². The Bertz CT molecular complexity index is 806. The molecule has 0 saturated heterocycles. The molecule has 4 aromatic carbocycles. The molecule has 0 saturated carbocycles. The first kappa shape index (κ1) is 37.5. The summed E-state index contributed by atoms with van der Waals surface area (Å²) in [6.45, 7) is 0. The first-order valence-corrected chi connectivity index (χ1v) is 22.4. The van der Waals surface area contributed by atoms with Crippen LogP contribution in [0.25, 0.3) is 0 Å². The summed E-state index contributed by atoms with van der Waals surface area (Å²) in [5.74, 6) is -0.966. The van der Waals surface area contributed by atoms with E-state index in [-0.39, 0.29) is 88.6 Å². The quantitative estimate of drug-likeness (QED) is 0.110. The summed E-state index contributed by atoms with van der Waals surface area (Å²) in [4.78, 5) is 9.18. The Morgan fingerprint density at radius 1 is 0.342 bits per heavy atom. The van der Waals surface area contributed by atoms with Crippen LogP contribution in [0.1, 0.15) is 0 Å². The molecule has 0 fully saturated rings. The summed E-state index contributed by atoms with van der Waals surface area (Å²) in [5.41, 5.74) is 0. The Labute approximate surface area is 242 Å². The predicted molar refractivity (Wildman–Crippen MR) is 147 cm³/mol. The first-order chi connectivity index (χ1) is 18.0. The molecular formula is C28H32F4O4Sn2. The monoisotopic (exact) mass is 748 g/mol. The van der Waals surface area contributed by atoms with Gasteiger partial charge in [0.05, 0.1) is 0 Å². The van der Waals surface area contributed by atoms with E-state index in [1.807, 2.05) is 0 Å². The second kappa shape index (κ2) is 24.7. The van der Waals surface area contributed by atoms with Gasteiger partial charge < -0.3 is 20.4 Å². The van der Waals surface area contributed by atoms with E-state index in [2.05, 4.69) is 19.8 Å². The molecule has 0 heterocycles. The fraction of sp³-hybridized carbons (Fsp3) is 0.143. The number of aromatic hydroxyl groups is 4. The molecule has 38 heavy (non-hydrogen) atoms. The predicted octanol–water partition coefficient (Wildman–Crippen LogP) is 7.70. The number of halogens is 4. The van der Waals surface area contributed by atoms with Gasteiger partial charge in [0.15, 0.2) is 0 Å². The van der Waals surface area contributed by atoms with Gasteiger partial charge in [-0.15, -0.1) is 0 Å². The molecule has 0 unspecified atom stereocenters. The molecule has 4 N–H and O–H groups in total. The van der Waals surface area contributed by atoms with Gasteiger partial charge in [-0.25, -0.2) is 17.6 Å². The van der Waals surface area contributed by atoms with Crippen LogP contribution in [-0.4, -0.2) is 62.7 Å². The third-order valence-corrected chi connectivity index (χ3v) is 3.31. The normalized spacial score (nSPS) is 8.63. The van der Waals surface area contributed by atoms with E-state index in [0.717, 1.165) is 0 Å². The second-order valence-corrected chi connectivity index (χ2v) is 12.6. The summed E-state index contributed by atoms with van der Waals surface area (Å²) >= 11 is 0.460. The van der Waals surface area contributed by atoms with Gasteiger partial charge in [-0.05, 0) is 97.1 Å². The van der Waals surface area contributed by atoms with Gasteiger partial charge >= 0.3 is 62.0 Å². The number of phenolic OH excluding ortho intramolecular Hbond substituents is 4. The SMILES string of the molecule is Oc1ccc(F)cc1.Oc1ccc(F)cc1.Oc1ccc(F)cc1.Oc1ccc(F)cc1.[CH3][Sn][CH3].[CH3][Sn][CH3]. The van der Waals surface area contributed by atoms with Crippen molar-refractivity contribution in [3.8, 4) is 23.0 Å². The summed E-state index contributed by atoms with van der Waals surface area (Å²) in [5, 5.41) is 34.4. The number of phenols is 4. The minimum absolute atomic E-state index is 0.0893. The summed E-state index contributed by atoms with van der Waals surface area (Å²) in [6, 6.07) is 20.0. The van der Waals surface area contributed by atoms with E-state index in [1.54, 1.807) is 0 Å². The average Bonchev–Trinajstić information content (AvgIpc) is 2.89. The standard InChI is InChI=1S/4C6H5FO.4CH3.2Sn/c4*7-5-1-3-6(8)4-2-5;;;;;;/h4*1-4,8H;4*1H3;;. The minimum atomic E-state index is -0.331. The Balaban J connectivity index is 0. The van der Waals surface area contributed by atoms with Gasteiger partial charge in [-0.1, -0.05) is 0 Å². The molecule has 0 aromatic heterocycles. The Morgan fingerprint density at radius 3 is 0.526 bits per heavy atom. The van der Waals surface area contributed by atoms with Crippen LogP contribution in [0.2, 0.25) is 19.8 Å². The van der Waals surface area contributed by atoms with Crippen LogP contribution >= 0.6 is 0 Å². The summed E-state index contributed by atoms with van der Waals surface area (Å²) < 4.78 is 47.9. The molecule has 0 aliphatic rings. The maximum absolute atomic E-state index is 12.0. The van der Waals surface area contributed by atoms with Crippen molar-refractivity contribution < 1.29 is 38.0 Å². The van der Waals surface area contributed by atoms with Crippen molar-refractivity contribution in [1.82, 2.24) is 0 Å². The molecule has 204 valence electrons. The van der Waals surface area contributed by atoms with Gasteiger partial charge in [0.2, 0.25) is 0 Å². The van der Waals surface area contributed by atoms with Crippen molar-refractivity contribution in [2.24, 2.45) is 0 Å². The molecule has 0 aliphatic carbocycles. The van der Waals surface area contributed by atoms with Crippen molar-refractivity contribution >= 4 is 42.3 Å². The molecule has 0 amide bonds. The Morgan fingerprint density at radius 2 is 0.447 bits per heavy atom. The van der Waals surface area contributed by atoms with Crippen LogP contribution < -0.4 is 0 Å². The third-order valence-electron chi connectivity index (χ3n) is 3.31. The van der Waals surface area contributed by atoms with E-state index in [1.165, 1.54) is 97.1 Å². The molecule has 0 aliphatic heterocycles. The van der Waals surface area contributed by atoms with Crippen molar-refractivity contribution in [2.45, 2.75) is 19.8 Å². The second-order valence-electron chi connectivity index (χ2n) is 6.91. The van der Waals surface area contributed by atoms with Gasteiger partial charge in [0, 0.05) is 0 Å². The van der Waals surface area contributed by atoms with E-state index < -0.39 is 0 Å². The zero-order valence-corrected chi connectivity index (χ0v) is 27.2. The number of benzene rings is 4. The van der Waals surface area contributed by atoms with Crippen LogP contribution in [0.4, 0.5) is 17.6 Å². The van der Waals surface area contributed by atoms with E-state index in [4.69, 9.17) is 20.4 Å². The van der Waals surface area contributed by atoms with Crippen LogP contribution in [-0.2, 0) is 0 Å². The number of hydrogen-bond donors (Lipinski definition) is 4. The fourth-order valence-electron chi connectivity index (χ4n) is 1.76. The first-order valence-electron chi connectivity index (χ1n) is 10.9. The Kier molecular flexibility index (Phi) is 24.4. The van der Waals surface area contributed by atoms with Gasteiger partial charge in [0.25, 0.3) is 0 Å². The van der Waals surface area contributed by atoms with Crippen LogP contribution in [0.5, 0.6) is 23.0 Å².